The maximum Gasteiger partial charge on any atom is 0.187 e. The molecule has 0 aliphatic heterocycles. The highest BCUT2D eigenvalue weighted by atomic mass is 16.1. The Morgan fingerprint density at radius 2 is 1.95 bits per heavy atom. The van der Waals surface area contributed by atoms with Crippen LogP contribution in [0.4, 0.5) is 0 Å². The summed E-state index contributed by atoms with van der Waals surface area (Å²) >= 11 is 0. The first kappa shape index (κ1) is 12.7. The van der Waals surface area contributed by atoms with Crippen molar-refractivity contribution < 1.29 is 4.79 Å². The van der Waals surface area contributed by atoms with Crippen LogP contribution in [0.1, 0.15) is 29.8 Å². The first-order valence-electron chi connectivity index (χ1n) is 7.51. The minimum Gasteiger partial charge on any atom is -0.327 e. The normalized spacial score (nSPS) is 30.7. The van der Waals surface area contributed by atoms with Crippen LogP contribution in [0.25, 0.3) is 5.69 Å². The molecule has 0 radical (unpaired) electrons. The van der Waals surface area contributed by atoms with Gasteiger partial charge in [-0.3, -0.25) is 4.79 Å². The fraction of sp³-hybridized carbons (Fsp3) is 0.438. The first-order chi connectivity index (χ1) is 10.3. The van der Waals surface area contributed by atoms with E-state index in [2.05, 4.69) is 10.3 Å². The first-order valence-corrected chi connectivity index (χ1v) is 7.51. The van der Waals surface area contributed by atoms with Gasteiger partial charge in [-0.15, -0.1) is 5.10 Å². The summed E-state index contributed by atoms with van der Waals surface area (Å²) in [6, 6.07) is 9.63. The van der Waals surface area contributed by atoms with Crippen molar-refractivity contribution in [3.05, 3.63) is 42.2 Å². The predicted molar refractivity (Wildman–Crippen MR) is 78.0 cm³/mol. The van der Waals surface area contributed by atoms with Crippen LogP contribution >= 0.6 is 0 Å². The number of nitrogens with two attached hydrogens (primary N) is 1. The van der Waals surface area contributed by atoms with Crippen LogP contribution in [0.15, 0.2) is 36.5 Å². The third-order valence-electron chi connectivity index (χ3n) is 5.09. The molecule has 4 unspecified atom stereocenters. The Balaban J connectivity index is 1.69. The maximum absolute atomic E-state index is 12.9. The second-order valence-electron chi connectivity index (χ2n) is 6.17. The summed E-state index contributed by atoms with van der Waals surface area (Å²) in [5.41, 5.74) is 7.70. The van der Waals surface area contributed by atoms with Gasteiger partial charge in [-0.2, -0.15) is 0 Å². The van der Waals surface area contributed by atoms with Crippen molar-refractivity contribution >= 4 is 5.78 Å². The SMILES string of the molecule is NC1C2CCC(C2)C1C(=O)c1cnnn1-c1ccccc1. The number of para-hydroxylation sites is 1. The van der Waals surface area contributed by atoms with E-state index in [1.54, 1.807) is 10.9 Å². The molecule has 0 spiro atoms. The molecule has 4 rings (SSSR count). The second-order valence-corrected chi connectivity index (χ2v) is 6.17. The maximum atomic E-state index is 12.9. The Hall–Kier alpha value is -2.01. The van der Waals surface area contributed by atoms with Gasteiger partial charge in [0.2, 0.25) is 0 Å². The fourth-order valence-electron chi connectivity index (χ4n) is 4.06. The Kier molecular flexibility index (Phi) is 2.89. The van der Waals surface area contributed by atoms with E-state index in [4.69, 9.17) is 5.73 Å². The summed E-state index contributed by atoms with van der Waals surface area (Å²) in [5, 5.41) is 8.00. The summed E-state index contributed by atoms with van der Waals surface area (Å²) in [6.45, 7) is 0. The van der Waals surface area contributed by atoms with Gasteiger partial charge in [-0.25, -0.2) is 4.68 Å². The number of rotatable bonds is 3. The van der Waals surface area contributed by atoms with Crippen LogP contribution in [0.2, 0.25) is 0 Å². The van der Waals surface area contributed by atoms with Crippen LogP contribution in [-0.2, 0) is 0 Å². The molecular formula is C16H18N4O. The average Bonchev–Trinajstić information content (AvgIpc) is 3.23. The number of fused-ring (bicyclic) bond motifs is 2. The lowest BCUT2D eigenvalue weighted by molar-refractivity contribution is 0.0848. The van der Waals surface area contributed by atoms with Crippen LogP contribution in [0, 0.1) is 17.8 Å². The van der Waals surface area contributed by atoms with Gasteiger partial charge in [-0.05, 0) is 43.2 Å². The number of hydrogen-bond acceptors (Lipinski definition) is 4. The third kappa shape index (κ3) is 1.92. The average molecular weight is 282 g/mol. The zero-order chi connectivity index (χ0) is 14.4. The molecular weight excluding hydrogens is 264 g/mol. The molecule has 108 valence electrons. The molecule has 5 heteroatoms. The number of Topliss-reactive ketones (excluding diaryl/α,β-unsaturated/α-hetero) is 1. The largest absolute Gasteiger partial charge is 0.327 e. The second kappa shape index (κ2) is 4.77. The molecule has 21 heavy (non-hydrogen) atoms. The van der Waals surface area contributed by atoms with Gasteiger partial charge in [0.1, 0.15) is 5.69 Å². The van der Waals surface area contributed by atoms with E-state index in [1.165, 1.54) is 6.42 Å². The van der Waals surface area contributed by atoms with Crippen LogP contribution < -0.4 is 5.73 Å². The number of carbonyl (C=O) groups excluding carboxylic acids is 1. The molecule has 2 N–H and O–H groups in total. The Labute approximate surface area is 123 Å². The van der Waals surface area contributed by atoms with Crippen molar-refractivity contribution in [2.45, 2.75) is 25.3 Å². The molecule has 1 aromatic carbocycles. The van der Waals surface area contributed by atoms with Gasteiger partial charge in [-0.1, -0.05) is 23.4 Å². The molecule has 2 aliphatic rings. The molecule has 5 nitrogen and oxygen atoms in total. The molecule has 4 atom stereocenters. The summed E-state index contributed by atoms with van der Waals surface area (Å²) in [5.74, 6) is 0.995. The third-order valence-corrected chi connectivity index (χ3v) is 5.09. The van der Waals surface area contributed by atoms with Gasteiger partial charge in [0.15, 0.2) is 5.78 Å². The monoisotopic (exact) mass is 282 g/mol. The van der Waals surface area contributed by atoms with Crippen molar-refractivity contribution in [3.63, 3.8) is 0 Å². The molecule has 2 aliphatic carbocycles. The van der Waals surface area contributed by atoms with Crippen LogP contribution in [0.3, 0.4) is 0 Å². The van der Waals surface area contributed by atoms with E-state index in [9.17, 15) is 4.79 Å². The minimum atomic E-state index is -0.0651. The quantitative estimate of drug-likeness (QED) is 0.871. The van der Waals surface area contributed by atoms with E-state index in [-0.39, 0.29) is 17.7 Å². The van der Waals surface area contributed by atoms with Gasteiger partial charge < -0.3 is 5.73 Å². The van der Waals surface area contributed by atoms with E-state index in [0.29, 0.717) is 17.5 Å². The summed E-state index contributed by atoms with van der Waals surface area (Å²) in [4.78, 5) is 12.9. The summed E-state index contributed by atoms with van der Waals surface area (Å²) in [7, 11) is 0. The van der Waals surface area contributed by atoms with E-state index in [1.807, 2.05) is 30.3 Å². The molecule has 2 aromatic rings. The van der Waals surface area contributed by atoms with Crippen LogP contribution in [0.5, 0.6) is 0 Å². The zero-order valence-electron chi connectivity index (χ0n) is 11.7. The molecule has 0 saturated heterocycles. The number of hydrogen-bond donors (Lipinski definition) is 1. The lowest BCUT2D eigenvalue weighted by Gasteiger charge is -2.26. The predicted octanol–water partition coefficient (Wildman–Crippen LogP) is 1.82. The molecule has 2 fully saturated rings. The summed E-state index contributed by atoms with van der Waals surface area (Å²) in [6.07, 6.45) is 4.96. The van der Waals surface area contributed by atoms with Crippen molar-refractivity contribution in [1.82, 2.24) is 15.0 Å². The lowest BCUT2D eigenvalue weighted by atomic mass is 9.81. The number of benzene rings is 1. The Morgan fingerprint density at radius 3 is 2.67 bits per heavy atom. The molecule has 0 amide bonds. The van der Waals surface area contributed by atoms with Gasteiger partial charge in [0.05, 0.1) is 11.9 Å². The van der Waals surface area contributed by atoms with E-state index >= 15 is 0 Å². The van der Waals surface area contributed by atoms with Crippen molar-refractivity contribution in [2.75, 3.05) is 0 Å². The van der Waals surface area contributed by atoms with Crippen LogP contribution in [-0.4, -0.2) is 26.8 Å². The van der Waals surface area contributed by atoms with Crippen molar-refractivity contribution in [1.29, 1.82) is 0 Å². The summed E-state index contributed by atoms with van der Waals surface area (Å²) < 4.78 is 1.63. The van der Waals surface area contributed by atoms with E-state index in [0.717, 1.165) is 18.5 Å². The molecule has 1 heterocycles. The van der Waals surface area contributed by atoms with E-state index < -0.39 is 0 Å². The highest BCUT2D eigenvalue weighted by molar-refractivity contribution is 5.97. The lowest BCUT2D eigenvalue weighted by Crippen LogP contribution is -2.40. The minimum absolute atomic E-state index is 0.00428. The van der Waals surface area contributed by atoms with Gasteiger partial charge in [0, 0.05) is 12.0 Å². The highest BCUT2D eigenvalue weighted by Gasteiger charge is 2.49. The fourth-order valence-corrected chi connectivity index (χ4v) is 4.06. The van der Waals surface area contributed by atoms with Gasteiger partial charge >= 0.3 is 0 Å². The topological polar surface area (TPSA) is 73.8 Å². The Bertz CT molecular complexity index is 664. The van der Waals surface area contributed by atoms with Crippen molar-refractivity contribution in [3.8, 4) is 5.69 Å². The number of aromatic nitrogens is 3. The van der Waals surface area contributed by atoms with Crippen molar-refractivity contribution in [2.24, 2.45) is 23.5 Å². The smallest absolute Gasteiger partial charge is 0.187 e. The molecule has 2 bridgehead atoms. The molecule has 2 saturated carbocycles. The van der Waals surface area contributed by atoms with Gasteiger partial charge in [0.25, 0.3) is 0 Å². The number of nitrogens with zero attached hydrogens (tertiary/aromatic N) is 3. The standard InChI is InChI=1S/C16H18N4O/c17-15-11-7-6-10(8-11)14(15)16(21)13-9-18-19-20(13)12-4-2-1-3-5-12/h1-5,9-11,14-15H,6-8,17H2. The number of carbonyl (C=O) groups is 1. The molecule has 1 aromatic heterocycles. The Morgan fingerprint density at radius 1 is 1.19 bits per heavy atom. The zero-order valence-corrected chi connectivity index (χ0v) is 11.7. The highest BCUT2D eigenvalue weighted by Crippen LogP contribution is 2.48. The number of ketones is 1.